The summed E-state index contributed by atoms with van der Waals surface area (Å²) in [4.78, 5) is 12.1. The third kappa shape index (κ3) is 4.49. The van der Waals surface area contributed by atoms with Crippen LogP contribution in [-0.2, 0) is 11.2 Å². The number of nitrogens with two attached hydrogens (primary N) is 1. The summed E-state index contributed by atoms with van der Waals surface area (Å²) in [5, 5.41) is 0. The predicted octanol–water partition coefficient (Wildman–Crippen LogP) is 2.78. The van der Waals surface area contributed by atoms with Crippen LogP contribution in [0.5, 0.6) is 0 Å². The first-order valence-corrected chi connectivity index (χ1v) is 6.53. The molecule has 18 heavy (non-hydrogen) atoms. The Morgan fingerprint density at radius 3 is 2.56 bits per heavy atom. The van der Waals surface area contributed by atoms with Crippen LogP contribution in [0.2, 0.25) is 0 Å². The summed E-state index contributed by atoms with van der Waals surface area (Å²) in [6.45, 7) is 6.70. The van der Waals surface area contributed by atoms with E-state index >= 15 is 0 Å². The number of esters is 1. The molecule has 0 saturated heterocycles. The topological polar surface area (TPSA) is 52.3 Å². The molecule has 2 N–H and O–H groups in total. The first-order valence-electron chi connectivity index (χ1n) is 6.53. The number of carbonyl (C=O) groups is 1. The first kappa shape index (κ1) is 14.7. The number of ether oxygens (including phenoxy) is 1. The van der Waals surface area contributed by atoms with Crippen molar-refractivity contribution in [2.75, 3.05) is 6.54 Å². The van der Waals surface area contributed by atoms with Gasteiger partial charge in [0.1, 0.15) is 0 Å². The van der Waals surface area contributed by atoms with E-state index in [2.05, 4.69) is 13.8 Å². The van der Waals surface area contributed by atoms with Gasteiger partial charge in [-0.1, -0.05) is 32.0 Å². The maximum absolute atomic E-state index is 12.1. The van der Waals surface area contributed by atoms with E-state index in [0.717, 1.165) is 12.0 Å². The van der Waals surface area contributed by atoms with Gasteiger partial charge in [-0.2, -0.15) is 0 Å². The van der Waals surface area contributed by atoms with Crippen molar-refractivity contribution in [3.63, 3.8) is 0 Å². The standard InChI is InChI=1S/C15H23NO2/c1-11(2)10-12(3)18-15(17)14-7-5-4-6-13(14)8-9-16/h4-7,11-12H,8-10,16H2,1-3H3. The van der Waals surface area contributed by atoms with Gasteiger partial charge in [-0.3, -0.25) is 0 Å². The SMILES string of the molecule is CC(C)CC(C)OC(=O)c1ccccc1CCN. The van der Waals surface area contributed by atoms with Gasteiger partial charge in [0.2, 0.25) is 0 Å². The lowest BCUT2D eigenvalue weighted by molar-refractivity contribution is 0.0298. The second-order valence-electron chi connectivity index (χ2n) is 5.04. The fourth-order valence-corrected chi connectivity index (χ4v) is 2.05. The van der Waals surface area contributed by atoms with Gasteiger partial charge < -0.3 is 10.5 Å². The zero-order chi connectivity index (χ0) is 13.5. The lowest BCUT2D eigenvalue weighted by atomic mass is 10.0. The Morgan fingerprint density at radius 2 is 1.94 bits per heavy atom. The van der Waals surface area contributed by atoms with E-state index in [1.165, 1.54) is 0 Å². The van der Waals surface area contributed by atoms with Gasteiger partial charge in [-0.15, -0.1) is 0 Å². The third-order valence-corrected chi connectivity index (χ3v) is 2.76. The van der Waals surface area contributed by atoms with Crippen molar-refractivity contribution in [1.82, 2.24) is 0 Å². The number of carbonyl (C=O) groups excluding carboxylic acids is 1. The van der Waals surface area contributed by atoms with Crippen LogP contribution in [0.1, 0.15) is 43.1 Å². The van der Waals surface area contributed by atoms with Crippen molar-refractivity contribution < 1.29 is 9.53 Å². The quantitative estimate of drug-likeness (QED) is 0.789. The monoisotopic (exact) mass is 249 g/mol. The molecular weight excluding hydrogens is 226 g/mol. The fraction of sp³-hybridized carbons (Fsp3) is 0.533. The summed E-state index contributed by atoms with van der Waals surface area (Å²) in [5.74, 6) is 0.277. The Bertz CT molecular complexity index is 388. The van der Waals surface area contributed by atoms with Gasteiger partial charge in [0, 0.05) is 0 Å². The van der Waals surface area contributed by atoms with Crippen molar-refractivity contribution in [3.8, 4) is 0 Å². The maximum atomic E-state index is 12.1. The van der Waals surface area contributed by atoms with Crippen molar-refractivity contribution in [2.24, 2.45) is 11.7 Å². The highest BCUT2D eigenvalue weighted by atomic mass is 16.5. The van der Waals surface area contributed by atoms with Crippen LogP contribution in [-0.4, -0.2) is 18.6 Å². The van der Waals surface area contributed by atoms with Crippen LogP contribution in [0.15, 0.2) is 24.3 Å². The molecule has 0 bridgehead atoms. The molecule has 100 valence electrons. The Balaban J connectivity index is 2.71. The number of benzene rings is 1. The smallest absolute Gasteiger partial charge is 0.338 e. The molecule has 1 rings (SSSR count). The maximum Gasteiger partial charge on any atom is 0.338 e. The number of rotatable bonds is 6. The molecule has 0 spiro atoms. The summed E-state index contributed by atoms with van der Waals surface area (Å²) < 4.78 is 5.45. The molecule has 0 heterocycles. The van der Waals surface area contributed by atoms with Crippen LogP contribution in [0.3, 0.4) is 0 Å². The normalized spacial score (nSPS) is 12.5. The van der Waals surface area contributed by atoms with Crippen LogP contribution < -0.4 is 5.73 Å². The molecule has 0 aliphatic heterocycles. The Labute approximate surface area is 109 Å². The summed E-state index contributed by atoms with van der Waals surface area (Å²) in [7, 11) is 0. The largest absolute Gasteiger partial charge is 0.459 e. The second-order valence-corrected chi connectivity index (χ2v) is 5.04. The van der Waals surface area contributed by atoms with Crippen molar-refractivity contribution >= 4 is 5.97 Å². The highest BCUT2D eigenvalue weighted by Crippen LogP contribution is 2.14. The van der Waals surface area contributed by atoms with Gasteiger partial charge in [-0.25, -0.2) is 4.79 Å². The molecule has 1 aromatic rings. The summed E-state index contributed by atoms with van der Waals surface area (Å²) >= 11 is 0. The summed E-state index contributed by atoms with van der Waals surface area (Å²) in [5.41, 5.74) is 7.14. The number of hydrogen-bond donors (Lipinski definition) is 1. The third-order valence-electron chi connectivity index (χ3n) is 2.76. The average molecular weight is 249 g/mol. The van der Waals surface area contributed by atoms with Crippen LogP contribution >= 0.6 is 0 Å². The van der Waals surface area contributed by atoms with Crippen molar-refractivity contribution in [3.05, 3.63) is 35.4 Å². The zero-order valence-corrected chi connectivity index (χ0v) is 11.5. The Kier molecular flexibility index (Phi) is 5.86. The van der Waals surface area contributed by atoms with E-state index in [9.17, 15) is 4.79 Å². The minimum absolute atomic E-state index is 0.0524. The molecule has 0 aliphatic carbocycles. The fourth-order valence-electron chi connectivity index (χ4n) is 2.05. The lowest BCUT2D eigenvalue weighted by Gasteiger charge is -2.16. The minimum Gasteiger partial charge on any atom is -0.459 e. The summed E-state index contributed by atoms with van der Waals surface area (Å²) in [6.07, 6.45) is 1.53. The Hall–Kier alpha value is -1.35. The van der Waals surface area contributed by atoms with Gasteiger partial charge in [0.25, 0.3) is 0 Å². The van der Waals surface area contributed by atoms with Gasteiger partial charge in [0.15, 0.2) is 0 Å². The molecule has 3 heteroatoms. The van der Waals surface area contributed by atoms with Crippen molar-refractivity contribution in [1.29, 1.82) is 0 Å². The van der Waals surface area contributed by atoms with Crippen LogP contribution in [0.25, 0.3) is 0 Å². The summed E-state index contributed by atoms with van der Waals surface area (Å²) in [6, 6.07) is 7.50. The van der Waals surface area contributed by atoms with E-state index < -0.39 is 0 Å². The predicted molar refractivity (Wildman–Crippen MR) is 73.5 cm³/mol. The van der Waals surface area contributed by atoms with Crippen LogP contribution in [0.4, 0.5) is 0 Å². The molecule has 0 saturated carbocycles. The second kappa shape index (κ2) is 7.17. The van der Waals surface area contributed by atoms with Gasteiger partial charge in [-0.05, 0) is 43.9 Å². The van der Waals surface area contributed by atoms with Crippen molar-refractivity contribution in [2.45, 2.75) is 39.7 Å². The molecule has 1 atom stereocenters. The van der Waals surface area contributed by atoms with E-state index in [0.29, 0.717) is 24.4 Å². The van der Waals surface area contributed by atoms with Gasteiger partial charge in [0.05, 0.1) is 11.7 Å². The molecule has 1 unspecified atom stereocenters. The highest BCUT2D eigenvalue weighted by molar-refractivity contribution is 5.91. The van der Waals surface area contributed by atoms with E-state index in [1.54, 1.807) is 6.07 Å². The first-order chi connectivity index (χ1) is 8.54. The molecule has 1 aromatic carbocycles. The molecule has 0 radical (unpaired) electrons. The average Bonchev–Trinajstić information content (AvgIpc) is 2.28. The molecule has 0 aliphatic rings. The molecule has 3 nitrogen and oxygen atoms in total. The van der Waals surface area contributed by atoms with E-state index in [1.807, 2.05) is 25.1 Å². The van der Waals surface area contributed by atoms with E-state index in [4.69, 9.17) is 10.5 Å². The molecule has 0 fully saturated rings. The lowest BCUT2D eigenvalue weighted by Crippen LogP contribution is -2.18. The Morgan fingerprint density at radius 1 is 1.28 bits per heavy atom. The minimum atomic E-state index is -0.243. The zero-order valence-electron chi connectivity index (χ0n) is 11.5. The highest BCUT2D eigenvalue weighted by Gasteiger charge is 2.15. The van der Waals surface area contributed by atoms with E-state index in [-0.39, 0.29) is 12.1 Å². The molecule has 0 aromatic heterocycles. The molecular formula is C15H23NO2. The molecule has 0 amide bonds. The van der Waals surface area contributed by atoms with Gasteiger partial charge >= 0.3 is 5.97 Å². The van der Waals surface area contributed by atoms with Crippen LogP contribution in [0, 0.1) is 5.92 Å². The number of hydrogen-bond acceptors (Lipinski definition) is 3.